The van der Waals surface area contributed by atoms with Gasteiger partial charge in [-0.25, -0.2) is 4.79 Å². The van der Waals surface area contributed by atoms with Gasteiger partial charge in [0.2, 0.25) is 0 Å². The molecule has 1 atom stereocenters. The summed E-state index contributed by atoms with van der Waals surface area (Å²) in [7, 11) is 0. The van der Waals surface area contributed by atoms with Gasteiger partial charge in [-0.3, -0.25) is 4.79 Å². The number of benzene rings is 7. The SMILES string of the molecule is C=C(C)C(=O)Oc1ccc2cc(C3(c4ccc5cc(OC(=O)C(C)(C)C)ccc5c4)c4ccccc4-c4ccc5ccccc5c43)ccc2c1. The molecule has 8 rings (SSSR count). The summed E-state index contributed by atoms with van der Waals surface area (Å²) >= 11 is 0. The molecule has 4 nitrogen and oxygen atoms in total. The number of rotatable bonds is 5. The topological polar surface area (TPSA) is 52.6 Å². The smallest absolute Gasteiger partial charge is 0.338 e. The van der Waals surface area contributed by atoms with Gasteiger partial charge in [0.1, 0.15) is 11.5 Å². The predicted octanol–water partition coefficient (Wildman–Crippen LogP) is 10.9. The van der Waals surface area contributed by atoms with Gasteiger partial charge < -0.3 is 9.47 Å². The van der Waals surface area contributed by atoms with E-state index in [4.69, 9.17) is 9.47 Å². The molecule has 0 aliphatic heterocycles. The van der Waals surface area contributed by atoms with Crippen LogP contribution in [0.5, 0.6) is 11.5 Å². The predicted molar refractivity (Wildman–Crippen MR) is 202 cm³/mol. The van der Waals surface area contributed by atoms with Crippen molar-refractivity contribution in [2.75, 3.05) is 0 Å². The molecule has 50 heavy (non-hydrogen) atoms. The van der Waals surface area contributed by atoms with Crippen molar-refractivity contribution in [3.05, 3.63) is 168 Å². The fraction of sp³-hybridized carbons (Fsp3) is 0.130. The lowest BCUT2D eigenvalue weighted by Gasteiger charge is -2.35. The van der Waals surface area contributed by atoms with Crippen molar-refractivity contribution in [1.82, 2.24) is 0 Å². The van der Waals surface area contributed by atoms with E-state index in [9.17, 15) is 9.59 Å². The number of hydrogen-bond acceptors (Lipinski definition) is 4. The van der Waals surface area contributed by atoms with E-state index < -0.39 is 16.8 Å². The summed E-state index contributed by atoms with van der Waals surface area (Å²) in [5.41, 5.74) is 6.25. The Labute approximate surface area is 291 Å². The fourth-order valence-electron chi connectivity index (χ4n) is 7.34. The van der Waals surface area contributed by atoms with Crippen molar-refractivity contribution >= 4 is 44.3 Å². The molecule has 0 amide bonds. The fourth-order valence-corrected chi connectivity index (χ4v) is 7.34. The van der Waals surface area contributed by atoms with E-state index in [1.807, 2.05) is 57.2 Å². The summed E-state index contributed by atoms with van der Waals surface area (Å²) in [6.07, 6.45) is 0. The molecule has 0 bridgehead atoms. The normalized spacial score (nSPS) is 15.1. The van der Waals surface area contributed by atoms with Crippen molar-refractivity contribution in [3.63, 3.8) is 0 Å². The molecule has 244 valence electrons. The van der Waals surface area contributed by atoms with Gasteiger partial charge in [0, 0.05) is 5.57 Å². The van der Waals surface area contributed by atoms with Crippen molar-refractivity contribution in [3.8, 4) is 22.6 Å². The van der Waals surface area contributed by atoms with Gasteiger partial charge in [-0.05, 0) is 130 Å². The molecule has 0 N–H and O–H groups in total. The van der Waals surface area contributed by atoms with E-state index in [1.165, 1.54) is 33.0 Å². The molecule has 7 aromatic rings. The largest absolute Gasteiger partial charge is 0.426 e. The molecule has 1 unspecified atom stereocenters. The van der Waals surface area contributed by atoms with E-state index in [0.717, 1.165) is 32.7 Å². The minimum Gasteiger partial charge on any atom is -0.426 e. The minimum atomic E-state index is -0.655. The van der Waals surface area contributed by atoms with Crippen LogP contribution in [0, 0.1) is 5.41 Å². The summed E-state index contributed by atoms with van der Waals surface area (Å²) in [5.74, 6) is 0.306. The van der Waals surface area contributed by atoms with Crippen molar-refractivity contribution in [2.45, 2.75) is 33.1 Å². The van der Waals surface area contributed by atoms with Gasteiger partial charge in [-0.15, -0.1) is 0 Å². The number of esters is 2. The molecule has 0 saturated heterocycles. The lowest BCUT2D eigenvalue weighted by atomic mass is 9.66. The van der Waals surface area contributed by atoms with Crippen molar-refractivity contribution in [2.24, 2.45) is 5.41 Å². The zero-order valence-electron chi connectivity index (χ0n) is 28.5. The summed E-state index contributed by atoms with van der Waals surface area (Å²) in [4.78, 5) is 24.9. The first-order valence-electron chi connectivity index (χ1n) is 16.8. The summed E-state index contributed by atoms with van der Waals surface area (Å²) in [6, 6.07) is 46.7. The monoisotopic (exact) mass is 652 g/mol. The number of hydrogen-bond donors (Lipinski definition) is 0. The summed E-state index contributed by atoms with van der Waals surface area (Å²) < 4.78 is 11.3. The first-order chi connectivity index (χ1) is 24.0. The molecular weight excluding hydrogens is 617 g/mol. The van der Waals surface area contributed by atoms with Crippen LogP contribution in [0.4, 0.5) is 0 Å². The third-order valence-corrected chi connectivity index (χ3v) is 9.80. The first-order valence-corrected chi connectivity index (χ1v) is 16.8. The molecule has 0 spiro atoms. The highest BCUT2D eigenvalue weighted by Gasteiger charge is 2.47. The van der Waals surface area contributed by atoms with E-state index in [-0.39, 0.29) is 5.97 Å². The van der Waals surface area contributed by atoms with Crippen LogP contribution in [0.3, 0.4) is 0 Å². The molecule has 4 heteroatoms. The Kier molecular flexibility index (Phi) is 7.23. The molecule has 1 aliphatic carbocycles. The molecule has 0 saturated carbocycles. The highest BCUT2D eigenvalue weighted by Crippen LogP contribution is 2.58. The van der Waals surface area contributed by atoms with E-state index in [2.05, 4.69) is 104 Å². The summed E-state index contributed by atoms with van der Waals surface area (Å²) in [5, 5.41) is 6.42. The van der Waals surface area contributed by atoms with Crippen LogP contribution in [0.25, 0.3) is 43.4 Å². The van der Waals surface area contributed by atoms with Crippen LogP contribution in [0.15, 0.2) is 146 Å². The van der Waals surface area contributed by atoms with Crippen LogP contribution >= 0.6 is 0 Å². The van der Waals surface area contributed by atoms with Gasteiger partial charge in [-0.2, -0.15) is 0 Å². The molecule has 7 aromatic carbocycles. The maximum absolute atomic E-state index is 12.7. The zero-order valence-corrected chi connectivity index (χ0v) is 28.5. The van der Waals surface area contributed by atoms with Crippen LogP contribution in [0.1, 0.15) is 49.9 Å². The Morgan fingerprint density at radius 1 is 0.580 bits per heavy atom. The number of carbonyl (C=O) groups is 2. The van der Waals surface area contributed by atoms with E-state index in [1.54, 1.807) is 6.92 Å². The summed E-state index contributed by atoms with van der Waals surface area (Å²) in [6.45, 7) is 10.9. The molecular formula is C46H36O4. The lowest BCUT2D eigenvalue weighted by Crippen LogP contribution is -2.29. The Bertz CT molecular complexity index is 2550. The van der Waals surface area contributed by atoms with Crippen molar-refractivity contribution in [1.29, 1.82) is 0 Å². The number of fused-ring (bicyclic) bond motifs is 7. The maximum atomic E-state index is 12.7. The average Bonchev–Trinajstić information content (AvgIpc) is 3.42. The first kappa shape index (κ1) is 31.3. The quantitative estimate of drug-likeness (QED) is 0.105. The van der Waals surface area contributed by atoms with Gasteiger partial charge >= 0.3 is 11.9 Å². The lowest BCUT2D eigenvalue weighted by molar-refractivity contribution is -0.143. The Balaban J connectivity index is 1.38. The third-order valence-electron chi connectivity index (χ3n) is 9.80. The highest BCUT2D eigenvalue weighted by atomic mass is 16.5. The maximum Gasteiger partial charge on any atom is 0.338 e. The number of carbonyl (C=O) groups excluding carboxylic acids is 2. The Hall–Kier alpha value is -6.00. The molecule has 1 aliphatic rings. The molecule has 0 fully saturated rings. The standard InChI is InChI=1S/C46H36O4/c1-28(2)43(47)49-36-21-16-30-24-34(19-14-32(30)26-36)46(35-20-15-33-27-37(22-17-31(33)25-35)50-44(48)45(3,4)5)41-13-9-8-12-39(41)40-23-18-29-10-6-7-11-38(29)42(40)46/h6-27H,1H2,2-5H3. The van der Waals surface area contributed by atoms with Gasteiger partial charge in [0.05, 0.1) is 10.8 Å². The van der Waals surface area contributed by atoms with E-state index in [0.29, 0.717) is 17.1 Å². The molecule has 0 aromatic heterocycles. The van der Waals surface area contributed by atoms with Crippen LogP contribution in [-0.4, -0.2) is 11.9 Å². The second-order valence-electron chi connectivity index (χ2n) is 14.3. The third kappa shape index (κ3) is 4.99. The minimum absolute atomic E-state index is 0.268. The average molecular weight is 653 g/mol. The zero-order chi connectivity index (χ0) is 34.8. The van der Waals surface area contributed by atoms with Crippen LogP contribution < -0.4 is 9.47 Å². The Morgan fingerprint density at radius 3 is 1.76 bits per heavy atom. The molecule has 0 heterocycles. The van der Waals surface area contributed by atoms with Crippen molar-refractivity contribution < 1.29 is 19.1 Å². The molecule has 0 radical (unpaired) electrons. The van der Waals surface area contributed by atoms with Gasteiger partial charge in [-0.1, -0.05) is 104 Å². The highest BCUT2D eigenvalue weighted by molar-refractivity contribution is 6.01. The second kappa shape index (κ2) is 11.6. The number of ether oxygens (including phenoxy) is 2. The van der Waals surface area contributed by atoms with Crippen LogP contribution in [0.2, 0.25) is 0 Å². The van der Waals surface area contributed by atoms with Crippen LogP contribution in [-0.2, 0) is 15.0 Å². The Morgan fingerprint density at radius 2 is 1.12 bits per heavy atom. The van der Waals surface area contributed by atoms with Gasteiger partial charge in [0.15, 0.2) is 0 Å². The second-order valence-corrected chi connectivity index (χ2v) is 14.3. The van der Waals surface area contributed by atoms with E-state index >= 15 is 0 Å². The van der Waals surface area contributed by atoms with Gasteiger partial charge in [0.25, 0.3) is 0 Å².